The maximum atomic E-state index is 12.5. The Morgan fingerprint density at radius 2 is 1.64 bits per heavy atom. The van der Waals surface area contributed by atoms with Gasteiger partial charge in [-0.1, -0.05) is 13.3 Å². The molecule has 1 aromatic carbocycles. The number of fused-ring (bicyclic) bond motifs is 2. The van der Waals surface area contributed by atoms with E-state index >= 15 is 0 Å². The van der Waals surface area contributed by atoms with Gasteiger partial charge in [0.05, 0.1) is 25.3 Å². The van der Waals surface area contributed by atoms with E-state index in [2.05, 4.69) is 9.97 Å². The van der Waals surface area contributed by atoms with E-state index in [1.165, 1.54) is 25.8 Å². The summed E-state index contributed by atoms with van der Waals surface area (Å²) in [4.78, 5) is 33.9. The highest BCUT2D eigenvalue weighted by molar-refractivity contribution is 5.86. The number of aryl methyl sites for hydroxylation is 1. The maximum absolute atomic E-state index is 12.5. The van der Waals surface area contributed by atoms with Gasteiger partial charge in [0.1, 0.15) is 0 Å². The molecule has 0 radical (unpaired) electrons. The van der Waals surface area contributed by atoms with Crippen LogP contribution in [0.5, 0.6) is 11.5 Å². The summed E-state index contributed by atoms with van der Waals surface area (Å²) in [5.41, 5.74) is 0.641. The summed E-state index contributed by atoms with van der Waals surface area (Å²) in [6.45, 7) is 2.51. The minimum absolute atomic E-state index is 0.165. The highest BCUT2D eigenvalue weighted by Crippen LogP contribution is 2.30. The van der Waals surface area contributed by atoms with Crippen LogP contribution in [0.15, 0.2) is 21.7 Å². The number of methoxy groups -OCH3 is 2. The van der Waals surface area contributed by atoms with Gasteiger partial charge in [-0.25, -0.2) is 14.8 Å². The van der Waals surface area contributed by atoms with Crippen molar-refractivity contribution >= 4 is 22.2 Å². The molecule has 0 spiro atoms. The molecule has 3 aromatic rings. The Hall–Kier alpha value is -2.90. The Balaban J connectivity index is 2.42. The molecule has 0 saturated heterocycles. The van der Waals surface area contributed by atoms with Crippen molar-refractivity contribution in [2.24, 2.45) is 7.05 Å². The second-order valence-electron chi connectivity index (χ2n) is 5.74. The lowest BCUT2D eigenvalue weighted by molar-refractivity contribution is 0.355. The van der Waals surface area contributed by atoms with Gasteiger partial charge in [-0.3, -0.25) is 13.9 Å². The fraction of sp³-hybridized carbons (Fsp3) is 0.412. The molecule has 0 aliphatic rings. The van der Waals surface area contributed by atoms with E-state index < -0.39 is 5.56 Å². The molecule has 0 N–H and O–H groups in total. The highest BCUT2D eigenvalue weighted by Gasteiger charge is 2.16. The molecule has 0 atom stereocenters. The molecule has 2 heterocycles. The van der Waals surface area contributed by atoms with Crippen molar-refractivity contribution in [3.63, 3.8) is 0 Å². The van der Waals surface area contributed by atoms with Crippen molar-refractivity contribution in [1.29, 1.82) is 0 Å². The molecule has 8 heteroatoms. The van der Waals surface area contributed by atoms with E-state index in [0.29, 0.717) is 34.7 Å². The second-order valence-corrected chi connectivity index (χ2v) is 5.74. The number of unbranched alkanes of at least 4 members (excludes halogenated alkanes) is 1. The third-order valence-corrected chi connectivity index (χ3v) is 4.17. The van der Waals surface area contributed by atoms with Gasteiger partial charge in [0.15, 0.2) is 22.7 Å². The van der Waals surface area contributed by atoms with Crippen molar-refractivity contribution in [3.8, 4) is 11.5 Å². The quantitative estimate of drug-likeness (QED) is 0.651. The summed E-state index contributed by atoms with van der Waals surface area (Å²) >= 11 is 0. The zero-order chi connectivity index (χ0) is 18.1. The average molecular weight is 344 g/mol. The van der Waals surface area contributed by atoms with Gasteiger partial charge in [-0.15, -0.1) is 0 Å². The molecule has 0 fully saturated rings. The zero-order valence-corrected chi connectivity index (χ0v) is 14.7. The second kappa shape index (κ2) is 6.54. The smallest absolute Gasteiger partial charge is 0.332 e. The minimum Gasteiger partial charge on any atom is -0.493 e. The van der Waals surface area contributed by atoms with E-state index in [-0.39, 0.29) is 11.2 Å². The topological polar surface area (TPSA) is 88.2 Å². The molecule has 0 aliphatic carbocycles. The van der Waals surface area contributed by atoms with Crippen LogP contribution in [0.1, 0.15) is 19.8 Å². The molecule has 132 valence electrons. The molecule has 0 bridgehead atoms. The molecular weight excluding hydrogens is 324 g/mol. The van der Waals surface area contributed by atoms with Crippen molar-refractivity contribution in [1.82, 2.24) is 19.1 Å². The molecule has 0 unspecified atom stereocenters. The highest BCUT2D eigenvalue weighted by atomic mass is 16.5. The van der Waals surface area contributed by atoms with Gasteiger partial charge in [0.25, 0.3) is 5.56 Å². The molecule has 3 rings (SSSR count). The average Bonchev–Trinajstić information content (AvgIpc) is 2.64. The van der Waals surface area contributed by atoms with Crippen LogP contribution in [-0.4, -0.2) is 33.3 Å². The Morgan fingerprint density at radius 1 is 1.04 bits per heavy atom. The number of rotatable bonds is 5. The van der Waals surface area contributed by atoms with Gasteiger partial charge in [0.2, 0.25) is 0 Å². The fourth-order valence-corrected chi connectivity index (χ4v) is 2.74. The molecule has 2 aromatic heterocycles. The van der Waals surface area contributed by atoms with E-state index in [9.17, 15) is 9.59 Å². The number of nitrogens with zero attached hydrogens (tertiary/aromatic N) is 4. The summed E-state index contributed by atoms with van der Waals surface area (Å²) in [5, 5.41) is 0. The van der Waals surface area contributed by atoms with Crippen molar-refractivity contribution in [3.05, 3.63) is 33.0 Å². The first-order valence-corrected chi connectivity index (χ1v) is 8.05. The van der Waals surface area contributed by atoms with Crippen molar-refractivity contribution in [2.45, 2.75) is 26.3 Å². The van der Waals surface area contributed by atoms with Crippen LogP contribution in [0, 0.1) is 0 Å². The standard InChI is InChI=1S/C17H20N4O4/c1-5-6-7-21-15-14(16(22)20(2)17(21)23)18-10-8-12(24-3)13(25-4)9-11(10)19-15/h8-9H,5-7H2,1-4H3. The van der Waals surface area contributed by atoms with Gasteiger partial charge in [0, 0.05) is 25.7 Å². The summed E-state index contributed by atoms with van der Waals surface area (Å²) in [5.74, 6) is 1.01. The largest absolute Gasteiger partial charge is 0.493 e. The Bertz CT molecular complexity index is 1070. The van der Waals surface area contributed by atoms with E-state index in [0.717, 1.165) is 17.4 Å². The van der Waals surface area contributed by atoms with Gasteiger partial charge >= 0.3 is 5.69 Å². The summed E-state index contributed by atoms with van der Waals surface area (Å²) in [7, 11) is 4.51. The third kappa shape index (κ3) is 2.73. The molecule has 0 aliphatic heterocycles. The first-order valence-electron chi connectivity index (χ1n) is 8.05. The maximum Gasteiger partial charge on any atom is 0.332 e. The zero-order valence-electron chi connectivity index (χ0n) is 14.7. The summed E-state index contributed by atoms with van der Waals surface area (Å²) < 4.78 is 13.1. The normalized spacial score (nSPS) is 11.2. The van der Waals surface area contributed by atoms with Crippen LogP contribution in [0.3, 0.4) is 0 Å². The van der Waals surface area contributed by atoms with Crippen molar-refractivity contribution < 1.29 is 9.47 Å². The number of hydrogen-bond donors (Lipinski definition) is 0. The number of hydrogen-bond acceptors (Lipinski definition) is 6. The third-order valence-electron chi connectivity index (χ3n) is 4.17. The molecule has 0 amide bonds. The number of aromatic nitrogens is 4. The van der Waals surface area contributed by atoms with Gasteiger partial charge in [-0.2, -0.15) is 0 Å². The lowest BCUT2D eigenvalue weighted by Gasteiger charge is -2.12. The van der Waals surface area contributed by atoms with E-state index in [4.69, 9.17) is 9.47 Å². The lowest BCUT2D eigenvalue weighted by Crippen LogP contribution is -2.39. The van der Waals surface area contributed by atoms with Crippen molar-refractivity contribution in [2.75, 3.05) is 14.2 Å². The summed E-state index contributed by atoms with van der Waals surface area (Å²) in [6, 6.07) is 3.36. The van der Waals surface area contributed by atoms with Crippen LogP contribution in [0.25, 0.3) is 22.2 Å². The van der Waals surface area contributed by atoms with Crippen LogP contribution < -0.4 is 20.7 Å². The van der Waals surface area contributed by atoms with Crippen LogP contribution in [-0.2, 0) is 13.6 Å². The molecular formula is C17H20N4O4. The predicted octanol–water partition coefficient (Wildman–Crippen LogP) is 1.46. The van der Waals surface area contributed by atoms with E-state index in [1.54, 1.807) is 12.1 Å². The van der Waals surface area contributed by atoms with Crippen LogP contribution in [0.4, 0.5) is 0 Å². The molecule has 0 saturated carbocycles. The lowest BCUT2D eigenvalue weighted by atomic mass is 10.2. The van der Waals surface area contributed by atoms with E-state index in [1.807, 2.05) is 6.92 Å². The minimum atomic E-state index is -0.461. The fourth-order valence-electron chi connectivity index (χ4n) is 2.74. The number of benzene rings is 1. The SMILES string of the molecule is CCCCn1c(=O)n(C)c(=O)c2nc3cc(OC)c(OC)cc3nc21. The Morgan fingerprint density at radius 3 is 2.20 bits per heavy atom. The molecule has 8 nitrogen and oxygen atoms in total. The van der Waals surface area contributed by atoms with Crippen LogP contribution >= 0.6 is 0 Å². The predicted molar refractivity (Wildman–Crippen MR) is 94.6 cm³/mol. The first kappa shape index (κ1) is 16.9. The van der Waals surface area contributed by atoms with Gasteiger partial charge < -0.3 is 9.47 Å². The first-order chi connectivity index (χ1) is 12.0. The Kier molecular flexibility index (Phi) is 4.43. The monoisotopic (exact) mass is 344 g/mol. The summed E-state index contributed by atoms with van der Waals surface area (Å²) in [6.07, 6.45) is 1.72. The Labute approximate surface area is 143 Å². The van der Waals surface area contributed by atoms with Gasteiger partial charge in [-0.05, 0) is 6.42 Å². The van der Waals surface area contributed by atoms with Crippen LogP contribution in [0.2, 0.25) is 0 Å². The number of ether oxygens (including phenoxy) is 2. The molecule has 25 heavy (non-hydrogen) atoms.